The summed E-state index contributed by atoms with van der Waals surface area (Å²) in [5, 5.41) is 6.01. The predicted octanol–water partition coefficient (Wildman–Crippen LogP) is 4.95. The molecule has 0 atom stereocenters. The van der Waals surface area contributed by atoms with Crippen molar-refractivity contribution in [3.63, 3.8) is 0 Å². The van der Waals surface area contributed by atoms with Crippen LogP contribution in [0.4, 0.5) is 5.69 Å². The van der Waals surface area contributed by atoms with Gasteiger partial charge in [0.05, 0.1) is 5.69 Å². The first-order chi connectivity index (χ1) is 13.8. The lowest BCUT2D eigenvalue weighted by atomic mass is 10.0. The number of nitrogens with zero attached hydrogens (tertiary/aromatic N) is 2. The van der Waals surface area contributed by atoms with Crippen LogP contribution in [0.25, 0.3) is 10.8 Å². The van der Waals surface area contributed by atoms with Gasteiger partial charge in [-0.25, -0.2) is 4.99 Å². The lowest BCUT2D eigenvalue weighted by molar-refractivity contribution is 0.358. The molecule has 0 saturated carbocycles. The van der Waals surface area contributed by atoms with Gasteiger partial charge in [-0.05, 0) is 34.7 Å². The Bertz CT molecular complexity index is 957. The highest BCUT2D eigenvalue weighted by atomic mass is 15.2. The van der Waals surface area contributed by atoms with Crippen molar-refractivity contribution in [2.24, 2.45) is 4.99 Å². The number of rotatable bonds is 4. The van der Waals surface area contributed by atoms with Gasteiger partial charge >= 0.3 is 0 Å². The predicted molar refractivity (Wildman–Crippen MR) is 120 cm³/mol. The molecule has 28 heavy (non-hydrogen) atoms. The third-order valence-corrected chi connectivity index (χ3v) is 5.63. The van der Waals surface area contributed by atoms with Gasteiger partial charge in [0.25, 0.3) is 0 Å². The van der Waals surface area contributed by atoms with Crippen molar-refractivity contribution in [2.75, 3.05) is 26.2 Å². The van der Waals surface area contributed by atoms with Gasteiger partial charge in [-0.1, -0.05) is 74.5 Å². The largest absolute Gasteiger partial charge is 0.354 e. The second-order valence-corrected chi connectivity index (χ2v) is 7.33. The van der Waals surface area contributed by atoms with E-state index >= 15 is 0 Å². The van der Waals surface area contributed by atoms with Crippen molar-refractivity contribution in [1.29, 1.82) is 0 Å². The number of hydrogen-bond acceptors (Lipinski definition) is 2. The maximum absolute atomic E-state index is 5.36. The minimum atomic E-state index is 0.984. The van der Waals surface area contributed by atoms with Gasteiger partial charge in [0.15, 0.2) is 0 Å². The number of benzene rings is 3. The molecule has 0 amide bonds. The minimum Gasteiger partial charge on any atom is -0.354 e. The number of para-hydroxylation sites is 1. The average Bonchev–Trinajstić information content (AvgIpc) is 2.77. The summed E-state index contributed by atoms with van der Waals surface area (Å²) in [6.07, 6.45) is 1.99. The Morgan fingerprint density at radius 2 is 1.50 bits per heavy atom. The molecule has 0 radical (unpaired) electrons. The monoisotopic (exact) mass is 371 g/mol. The van der Waals surface area contributed by atoms with E-state index in [9.17, 15) is 0 Å². The second-order valence-electron chi connectivity index (χ2n) is 7.33. The summed E-state index contributed by atoms with van der Waals surface area (Å²) in [6, 6.07) is 21.8. The summed E-state index contributed by atoms with van der Waals surface area (Å²) in [5.41, 5.74) is 5.04. The van der Waals surface area contributed by atoms with E-state index in [1.54, 1.807) is 0 Å². The maximum Gasteiger partial charge on any atom is 0.137 e. The molecule has 3 aromatic carbocycles. The average molecular weight is 372 g/mol. The molecule has 3 aromatic rings. The molecular formula is C25H29N3. The van der Waals surface area contributed by atoms with Gasteiger partial charge in [0, 0.05) is 31.7 Å². The fraction of sp³-hybridized carbons (Fsp3) is 0.320. The third kappa shape index (κ3) is 3.67. The normalized spacial score (nSPS) is 15.2. The van der Waals surface area contributed by atoms with Crippen LogP contribution >= 0.6 is 0 Å². The Hall–Kier alpha value is -2.65. The fourth-order valence-corrected chi connectivity index (χ4v) is 4.06. The van der Waals surface area contributed by atoms with E-state index in [0.29, 0.717) is 0 Å². The number of hydrogen-bond donors (Lipinski definition) is 1. The molecule has 144 valence electrons. The molecule has 0 aliphatic carbocycles. The van der Waals surface area contributed by atoms with E-state index < -0.39 is 0 Å². The summed E-state index contributed by atoms with van der Waals surface area (Å²) >= 11 is 0. The molecule has 1 N–H and O–H groups in total. The van der Waals surface area contributed by atoms with Crippen LogP contribution in [0.1, 0.15) is 30.5 Å². The van der Waals surface area contributed by atoms with E-state index in [1.807, 2.05) is 0 Å². The van der Waals surface area contributed by atoms with E-state index in [0.717, 1.165) is 50.5 Å². The summed E-state index contributed by atoms with van der Waals surface area (Å²) < 4.78 is 0. The molecule has 1 heterocycles. The molecule has 1 saturated heterocycles. The molecule has 3 heteroatoms. The van der Waals surface area contributed by atoms with Crippen LogP contribution in [-0.4, -0.2) is 36.9 Å². The van der Waals surface area contributed by atoms with Crippen molar-refractivity contribution < 1.29 is 0 Å². The van der Waals surface area contributed by atoms with Crippen LogP contribution in [-0.2, 0) is 12.8 Å². The molecule has 0 unspecified atom stereocenters. The highest BCUT2D eigenvalue weighted by Crippen LogP contribution is 2.29. The highest BCUT2D eigenvalue weighted by Gasteiger charge is 2.19. The van der Waals surface area contributed by atoms with Gasteiger partial charge in [-0.2, -0.15) is 0 Å². The summed E-state index contributed by atoms with van der Waals surface area (Å²) in [6.45, 7) is 8.40. The highest BCUT2D eigenvalue weighted by molar-refractivity contribution is 6.10. The van der Waals surface area contributed by atoms with Crippen molar-refractivity contribution in [3.05, 3.63) is 77.4 Å². The van der Waals surface area contributed by atoms with Crippen LogP contribution in [0.3, 0.4) is 0 Å². The summed E-state index contributed by atoms with van der Waals surface area (Å²) in [7, 11) is 0. The molecule has 4 rings (SSSR count). The zero-order valence-electron chi connectivity index (χ0n) is 16.9. The number of aliphatic imine (C=N–C) groups is 1. The third-order valence-electron chi connectivity index (χ3n) is 5.63. The zero-order chi connectivity index (χ0) is 19.3. The Morgan fingerprint density at radius 1 is 0.857 bits per heavy atom. The van der Waals surface area contributed by atoms with E-state index in [2.05, 4.69) is 84.7 Å². The zero-order valence-corrected chi connectivity index (χ0v) is 16.9. The molecule has 0 spiro atoms. The summed E-state index contributed by atoms with van der Waals surface area (Å²) in [5.74, 6) is 1.11. The van der Waals surface area contributed by atoms with Gasteiger partial charge in [0.1, 0.15) is 5.84 Å². The van der Waals surface area contributed by atoms with E-state index in [4.69, 9.17) is 4.99 Å². The number of fused-ring (bicyclic) bond motifs is 1. The number of aryl methyl sites for hydroxylation is 2. The molecule has 3 nitrogen and oxygen atoms in total. The Kier molecular flexibility index (Phi) is 5.73. The molecule has 1 fully saturated rings. The van der Waals surface area contributed by atoms with Crippen LogP contribution < -0.4 is 5.32 Å². The van der Waals surface area contributed by atoms with Crippen LogP contribution in [0, 0.1) is 0 Å². The number of piperazine rings is 1. The van der Waals surface area contributed by atoms with Gasteiger partial charge in [-0.15, -0.1) is 0 Å². The first kappa shape index (κ1) is 18.7. The summed E-state index contributed by atoms with van der Waals surface area (Å²) in [4.78, 5) is 7.81. The number of nitrogens with one attached hydrogen (secondary N) is 1. The van der Waals surface area contributed by atoms with E-state index in [1.165, 1.54) is 27.5 Å². The smallest absolute Gasteiger partial charge is 0.137 e. The van der Waals surface area contributed by atoms with Crippen LogP contribution in [0.2, 0.25) is 0 Å². The van der Waals surface area contributed by atoms with Crippen LogP contribution in [0.15, 0.2) is 65.7 Å². The van der Waals surface area contributed by atoms with Crippen molar-refractivity contribution >= 4 is 22.3 Å². The lowest BCUT2D eigenvalue weighted by Gasteiger charge is -2.31. The van der Waals surface area contributed by atoms with Crippen LogP contribution in [0.5, 0.6) is 0 Å². The number of amidine groups is 1. The minimum absolute atomic E-state index is 0.984. The lowest BCUT2D eigenvalue weighted by Crippen LogP contribution is -2.46. The second kappa shape index (κ2) is 8.57. The van der Waals surface area contributed by atoms with Gasteiger partial charge in [-0.3, -0.25) is 0 Å². The van der Waals surface area contributed by atoms with Crippen molar-refractivity contribution in [3.8, 4) is 0 Å². The van der Waals surface area contributed by atoms with Gasteiger partial charge < -0.3 is 10.2 Å². The molecule has 0 aromatic heterocycles. The van der Waals surface area contributed by atoms with Crippen molar-refractivity contribution in [1.82, 2.24) is 10.2 Å². The Balaban J connectivity index is 1.94. The molecular weight excluding hydrogens is 342 g/mol. The SMILES string of the molecule is CCc1cccc(CC)c1N=C(c1cccc2ccccc12)N1CCNCC1. The Labute approximate surface area is 168 Å². The standard InChI is InChI=1S/C25H29N3/c1-3-19-10-7-11-20(4-2)24(19)27-25(28-17-15-26-16-18-28)23-14-8-12-21-9-5-6-13-22(21)23/h5-14,26H,3-4,15-18H2,1-2H3. The van der Waals surface area contributed by atoms with Crippen molar-refractivity contribution in [2.45, 2.75) is 26.7 Å². The first-order valence-corrected chi connectivity index (χ1v) is 10.4. The maximum atomic E-state index is 5.36. The topological polar surface area (TPSA) is 27.6 Å². The first-order valence-electron chi connectivity index (χ1n) is 10.4. The molecule has 1 aliphatic rings. The van der Waals surface area contributed by atoms with E-state index in [-0.39, 0.29) is 0 Å². The van der Waals surface area contributed by atoms with Gasteiger partial charge in [0.2, 0.25) is 0 Å². The molecule has 0 bridgehead atoms. The Morgan fingerprint density at radius 3 is 2.21 bits per heavy atom. The fourth-order valence-electron chi connectivity index (χ4n) is 4.06. The molecule has 1 aliphatic heterocycles. The quantitative estimate of drug-likeness (QED) is 0.519.